The van der Waals surface area contributed by atoms with Gasteiger partial charge in [-0.25, -0.2) is 15.0 Å². The number of rotatable bonds is 5. The van der Waals surface area contributed by atoms with Crippen LogP contribution in [-0.2, 0) is 4.74 Å². The number of hydrogen-bond donors (Lipinski definition) is 5. The number of aliphatic hydroxyl groups excluding tert-OH is 4. The average molecular weight is 425 g/mol. The van der Waals surface area contributed by atoms with Crippen LogP contribution in [0.5, 0.6) is 0 Å². The first-order valence-electron chi connectivity index (χ1n) is 9.89. The minimum absolute atomic E-state index is 0.145. The number of nitrogens with zero attached hydrogens (tertiary/aromatic N) is 4. The van der Waals surface area contributed by atoms with Crippen LogP contribution in [0.3, 0.4) is 0 Å². The molecule has 1 saturated heterocycles. The van der Waals surface area contributed by atoms with Gasteiger partial charge in [-0.15, -0.1) is 0 Å². The molecule has 1 fully saturated rings. The summed E-state index contributed by atoms with van der Waals surface area (Å²) in [5, 5.41) is 43.2. The van der Waals surface area contributed by atoms with Crippen molar-refractivity contribution in [2.45, 2.75) is 37.6 Å². The summed E-state index contributed by atoms with van der Waals surface area (Å²) in [6, 6.07) is 9.01. The van der Waals surface area contributed by atoms with Crippen LogP contribution in [-0.4, -0.2) is 71.4 Å². The van der Waals surface area contributed by atoms with E-state index in [0.29, 0.717) is 29.1 Å². The third-order valence-corrected chi connectivity index (χ3v) is 4.99. The van der Waals surface area contributed by atoms with E-state index in [1.807, 2.05) is 25.1 Å². The molecule has 162 valence electrons. The summed E-state index contributed by atoms with van der Waals surface area (Å²) in [6.07, 6.45) is -4.01. The van der Waals surface area contributed by atoms with Gasteiger partial charge in [-0.05, 0) is 18.4 Å². The van der Waals surface area contributed by atoms with Crippen molar-refractivity contribution in [2.75, 3.05) is 18.5 Å². The maximum atomic E-state index is 10.4. The Kier molecular flexibility index (Phi) is 6.13. The summed E-state index contributed by atoms with van der Waals surface area (Å²) in [7, 11) is 0. The molecule has 0 radical (unpaired) electrons. The molecule has 0 saturated carbocycles. The molecular formula is C21H23N5O5. The van der Waals surface area contributed by atoms with Gasteiger partial charge in [0.1, 0.15) is 24.4 Å². The summed E-state index contributed by atoms with van der Waals surface area (Å²) in [6.45, 7) is 2.04. The van der Waals surface area contributed by atoms with Crippen molar-refractivity contribution in [3.63, 3.8) is 0 Å². The van der Waals surface area contributed by atoms with Crippen molar-refractivity contribution in [3.05, 3.63) is 48.0 Å². The number of aromatic nitrogens is 4. The molecule has 10 nitrogen and oxygen atoms in total. The van der Waals surface area contributed by atoms with E-state index >= 15 is 0 Å². The Morgan fingerprint density at radius 3 is 2.65 bits per heavy atom. The number of aliphatic hydroxyl groups is 4. The molecule has 1 aliphatic heterocycles. The van der Waals surface area contributed by atoms with Gasteiger partial charge < -0.3 is 30.5 Å². The molecule has 5 N–H and O–H groups in total. The SMILES string of the molecule is CCNc1nc(C#C[C@@H](O)c2ccccc2)nc2c1ncn2[C@@H]1O[C@H](CO)[C@@H](O)[C@H]1O. The van der Waals surface area contributed by atoms with E-state index in [1.165, 1.54) is 10.9 Å². The lowest BCUT2D eigenvalue weighted by molar-refractivity contribution is -0.0511. The number of ether oxygens (including phenoxy) is 1. The van der Waals surface area contributed by atoms with Crippen LogP contribution < -0.4 is 5.32 Å². The van der Waals surface area contributed by atoms with E-state index in [0.717, 1.165) is 0 Å². The summed E-state index contributed by atoms with van der Waals surface area (Å²) >= 11 is 0. The average Bonchev–Trinajstić information content (AvgIpc) is 3.34. The number of nitrogens with one attached hydrogen (secondary N) is 1. The molecule has 3 heterocycles. The van der Waals surface area contributed by atoms with Crippen LogP contribution >= 0.6 is 0 Å². The minimum atomic E-state index is -1.28. The highest BCUT2D eigenvalue weighted by molar-refractivity contribution is 5.83. The second-order valence-electron chi connectivity index (χ2n) is 7.06. The molecule has 4 rings (SSSR count). The summed E-state index contributed by atoms with van der Waals surface area (Å²) in [4.78, 5) is 13.1. The van der Waals surface area contributed by atoms with Gasteiger partial charge in [0.25, 0.3) is 0 Å². The van der Waals surface area contributed by atoms with Crippen LogP contribution in [0, 0.1) is 11.8 Å². The second kappa shape index (κ2) is 8.97. The van der Waals surface area contributed by atoms with Crippen LogP contribution in [0.1, 0.15) is 30.6 Å². The molecule has 10 heteroatoms. The first-order valence-corrected chi connectivity index (χ1v) is 9.89. The summed E-state index contributed by atoms with van der Waals surface area (Å²) in [5.41, 5.74) is 1.42. The maximum absolute atomic E-state index is 10.4. The maximum Gasteiger partial charge on any atom is 0.209 e. The summed E-state index contributed by atoms with van der Waals surface area (Å²) in [5.74, 6) is 6.10. The lowest BCUT2D eigenvalue weighted by atomic mass is 10.1. The lowest BCUT2D eigenvalue weighted by Gasteiger charge is -2.16. The Morgan fingerprint density at radius 2 is 1.97 bits per heavy atom. The largest absolute Gasteiger partial charge is 0.394 e. The van der Waals surface area contributed by atoms with E-state index in [1.54, 1.807) is 12.1 Å². The quantitative estimate of drug-likeness (QED) is 0.355. The van der Waals surface area contributed by atoms with Crippen LogP contribution in [0.25, 0.3) is 11.2 Å². The van der Waals surface area contributed by atoms with Gasteiger partial charge in [0.05, 0.1) is 12.9 Å². The molecule has 0 aliphatic carbocycles. The second-order valence-corrected chi connectivity index (χ2v) is 7.06. The Morgan fingerprint density at radius 1 is 1.19 bits per heavy atom. The summed E-state index contributed by atoms with van der Waals surface area (Å²) < 4.78 is 7.07. The van der Waals surface area contributed by atoms with Crippen LogP contribution in [0.4, 0.5) is 5.82 Å². The molecule has 0 unspecified atom stereocenters. The van der Waals surface area contributed by atoms with Crippen LogP contribution in [0.15, 0.2) is 36.7 Å². The topological polar surface area (TPSA) is 146 Å². The standard InChI is InChI=1S/C21H23N5O5/c1-2-22-19-16-20(26(11-23-16)21-18(30)17(29)14(10-27)31-21)25-15(24-19)9-8-13(28)12-6-4-3-5-7-12/h3-7,11,13-14,17-18,21,27-30H,2,10H2,1H3,(H,22,24,25)/t13-,14-,17-,18-,21-/m1/s1. The first-order chi connectivity index (χ1) is 15.0. The highest BCUT2D eigenvalue weighted by Gasteiger charge is 2.44. The van der Waals surface area contributed by atoms with Gasteiger partial charge in [0, 0.05) is 6.54 Å². The lowest BCUT2D eigenvalue weighted by Crippen LogP contribution is -2.33. The zero-order valence-corrected chi connectivity index (χ0v) is 16.8. The number of benzene rings is 1. The first kappa shape index (κ1) is 21.2. The molecule has 31 heavy (non-hydrogen) atoms. The van der Waals surface area contributed by atoms with E-state index < -0.39 is 37.3 Å². The monoisotopic (exact) mass is 425 g/mol. The smallest absolute Gasteiger partial charge is 0.209 e. The highest BCUT2D eigenvalue weighted by atomic mass is 16.6. The van der Waals surface area contributed by atoms with Crippen LogP contribution in [0.2, 0.25) is 0 Å². The number of imidazole rings is 1. The van der Waals surface area contributed by atoms with Gasteiger partial charge >= 0.3 is 0 Å². The van der Waals surface area contributed by atoms with Gasteiger partial charge in [0.2, 0.25) is 5.82 Å². The van der Waals surface area contributed by atoms with E-state index in [2.05, 4.69) is 32.1 Å². The third-order valence-electron chi connectivity index (χ3n) is 4.99. The Balaban J connectivity index is 1.73. The van der Waals surface area contributed by atoms with Crippen molar-refractivity contribution in [3.8, 4) is 11.8 Å². The molecule has 0 bridgehead atoms. The highest BCUT2D eigenvalue weighted by Crippen LogP contribution is 2.32. The van der Waals surface area contributed by atoms with Crippen molar-refractivity contribution < 1.29 is 25.2 Å². The van der Waals surface area contributed by atoms with Crippen molar-refractivity contribution >= 4 is 17.0 Å². The van der Waals surface area contributed by atoms with Crippen molar-refractivity contribution in [2.24, 2.45) is 0 Å². The van der Waals surface area contributed by atoms with Crippen molar-refractivity contribution in [1.82, 2.24) is 19.5 Å². The van der Waals surface area contributed by atoms with E-state index in [4.69, 9.17) is 4.74 Å². The molecule has 0 amide bonds. The zero-order chi connectivity index (χ0) is 22.0. The van der Waals surface area contributed by atoms with E-state index in [9.17, 15) is 20.4 Å². The molecule has 5 atom stereocenters. The molecule has 0 spiro atoms. The predicted molar refractivity (Wildman–Crippen MR) is 111 cm³/mol. The zero-order valence-electron chi connectivity index (χ0n) is 16.8. The van der Waals surface area contributed by atoms with E-state index in [-0.39, 0.29) is 5.82 Å². The molecular weight excluding hydrogens is 402 g/mol. The fourth-order valence-electron chi connectivity index (χ4n) is 3.41. The Bertz CT molecular complexity index is 1110. The van der Waals surface area contributed by atoms with Gasteiger partial charge in [-0.1, -0.05) is 36.3 Å². The Labute approximate surface area is 178 Å². The third kappa shape index (κ3) is 4.10. The predicted octanol–water partition coefficient (Wildman–Crippen LogP) is -0.0453. The number of hydrogen-bond acceptors (Lipinski definition) is 9. The molecule has 1 aliphatic rings. The van der Waals surface area contributed by atoms with Gasteiger partial charge in [-0.3, -0.25) is 4.57 Å². The van der Waals surface area contributed by atoms with Gasteiger partial charge in [0.15, 0.2) is 23.2 Å². The normalized spacial score (nSPS) is 24.0. The van der Waals surface area contributed by atoms with Gasteiger partial charge in [-0.2, -0.15) is 0 Å². The fourth-order valence-corrected chi connectivity index (χ4v) is 3.41. The molecule has 3 aromatic rings. The van der Waals surface area contributed by atoms with Crippen molar-refractivity contribution in [1.29, 1.82) is 0 Å². The Hall–Kier alpha value is -3.07. The number of anilines is 1. The molecule has 2 aromatic heterocycles. The number of fused-ring (bicyclic) bond motifs is 1. The minimum Gasteiger partial charge on any atom is -0.394 e. The molecule has 1 aromatic carbocycles. The fraction of sp³-hybridized carbons (Fsp3) is 0.381.